The first-order valence-corrected chi connectivity index (χ1v) is 6.27. The van der Waals surface area contributed by atoms with E-state index in [4.69, 9.17) is 11.6 Å². The average Bonchev–Trinajstić information content (AvgIpc) is 2.41. The maximum absolute atomic E-state index is 9.50. The van der Waals surface area contributed by atoms with Crippen LogP contribution in [0.15, 0.2) is 48.5 Å². The Labute approximate surface area is 112 Å². The van der Waals surface area contributed by atoms with Crippen LogP contribution in [-0.2, 0) is 0 Å². The molecule has 0 amide bonds. The van der Waals surface area contributed by atoms with Crippen LogP contribution in [0.3, 0.4) is 0 Å². The topological polar surface area (TPSA) is 32.3 Å². The fraction of sp³-hybridized carbons (Fsp3) is 0.200. The molecule has 2 N–H and O–H groups in total. The highest BCUT2D eigenvalue weighted by atomic mass is 35.5. The summed E-state index contributed by atoms with van der Waals surface area (Å²) in [5.74, 6) is 0. The zero-order valence-corrected chi connectivity index (χ0v) is 11.0. The maximum Gasteiger partial charge on any atom is 0.0745 e. The van der Waals surface area contributed by atoms with E-state index >= 15 is 0 Å². The van der Waals surface area contributed by atoms with Gasteiger partial charge < -0.3 is 10.4 Å². The SMILES string of the molecule is Cc1cccc(NC(CO)c2ccccc2)c1Cl. The van der Waals surface area contributed by atoms with Gasteiger partial charge in [0.2, 0.25) is 0 Å². The van der Waals surface area contributed by atoms with Crippen molar-refractivity contribution in [2.45, 2.75) is 13.0 Å². The summed E-state index contributed by atoms with van der Waals surface area (Å²) in [5, 5.41) is 13.5. The standard InChI is InChI=1S/C15H16ClNO/c1-11-6-5-9-13(15(11)16)17-14(10-18)12-7-3-2-4-8-12/h2-9,14,17-18H,10H2,1H3. The lowest BCUT2D eigenvalue weighted by atomic mass is 10.1. The van der Waals surface area contributed by atoms with Gasteiger partial charge in [0, 0.05) is 0 Å². The molecule has 0 radical (unpaired) electrons. The van der Waals surface area contributed by atoms with Crippen LogP contribution in [-0.4, -0.2) is 11.7 Å². The van der Waals surface area contributed by atoms with E-state index in [2.05, 4.69) is 5.32 Å². The van der Waals surface area contributed by atoms with Gasteiger partial charge in [-0.2, -0.15) is 0 Å². The first-order chi connectivity index (χ1) is 8.72. The first-order valence-electron chi connectivity index (χ1n) is 5.90. The molecule has 94 valence electrons. The summed E-state index contributed by atoms with van der Waals surface area (Å²) in [6.07, 6.45) is 0. The van der Waals surface area contributed by atoms with Crippen molar-refractivity contribution in [3.05, 3.63) is 64.7 Å². The highest BCUT2D eigenvalue weighted by Gasteiger charge is 2.11. The Hall–Kier alpha value is -1.51. The summed E-state index contributed by atoms with van der Waals surface area (Å²) in [4.78, 5) is 0. The van der Waals surface area contributed by atoms with E-state index in [1.165, 1.54) is 0 Å². The first kappa shape index (κ1) is 12.9. The van der Waals surface area contributed by atoms with Crippen LogP contribution in [0.4, 0.5) is 5.69 Å². The van der Waals surface area contributed by atoms with E-state index < -0.39 is 0 Å². The Morgan fingerprint density at radius 2 is 1.83 bits per heavy atom. The minimum Gasteiger partial charge on any atom is -0.394 e. The lowest BCUT2D eigenvalue weighted by Crippen LogP contribution is -2.15. The minimum absolute atomic E-state index is 0.0221. The minimum atomic E-state index is -0.148. The third kappa shape index (κ3) is 2.84. The molecule has 0 saturated carbocycles. The predicted molar refractivity (Wildman–Crippen MR) is 76.1 cm³/mol. The molecule has 0 heterocycles. The molecule has 3 heteroatoms. The second-order valence-electron chi connectivity index (χ2n) is 4.23. The van der Waals surface area contributed by atoms with Crippen molar-refractivity contribution in [1.29, 1.82) is 0 Å². The number of nitrogens with one attached hydrogen (secondary N) is 1. The lowest BCUT2D eigenvalue weighted by molar-refractivity contribution is 0.276. The number of rotatable bonds is 4. The molecule has 2 aromatic rings. The second-order valence-corrected chi connectivity index (χ2v) is 4.60. The summed E-state index contributed by atoms with van der Waals surface area (Å²) >= 11 is 6.24. The van der Waals surface area contributed by atoms with E-state index in [1.807, 2.05) is 55.5 Å². The van der Waals surface area contributed by atoms with Gasteiger partial charge in [-0.05, 0) is 24.1 Å². The van der Waals surface area contributed by atoms with Crippen LogP contribution in [0.2, 0.25) is 5.02 Å². The highest BCUT2D eigenvalue weighted by Crippen LogP contribution is 2.28. The molecule has 0 fully saturated rings. The smallest absolute Gasteiger partial charge is 0.0745 e. The molecule has 1 atom stereocenters. The molecule has 0 aliphatic carbocycles. The summed E-state index contributed by atoms with van der Waals surface area (Å²) in [6.45, 7) is 1.98. The van der Waals surface area contributed by atoms with Gasteiger partial charge in [0.25, 0.3) is 0 Å². The van der Waals surface area contributed by atoms with Crippen molar-refractivity contribution >= 4 is 17.3 Å². The Kier molecular flexibility index (Phi) is 4.24. The number of aryl methyl sites for hydroxylation is 1. The molecule has 2 aromatic carbocycles. The van der Waals surface area contributed by atoms with Gasteiger partial charge in [-0.25, -0.2) is 0 Å². The van der Waals surface area contributed by atoms with Gasteiger partial charge in [-0.1, -0.05) is 54.1 Å². The normalized spacial score (nSPS) is 12.2. The van der Waals surface area contributed by atoms with Crippen molar-refractivity contribution in [3.63, 3.8) is 0 Å². The quantitative estimate of drug-likeness (QED) is 0.878. The number of hydrogen-bond donors (Lipinski definition) is 2. The molecule has 0 aliphatic rings. The Morgan fingerprint density at radius 3 is 2.50 bits per heavy atom. The zero-order chi connectivity index (χ0) is 13.0. The largest absolute Gasteiger partial charge is 0.394 e. The van der Waals surface area contributed by atoms with Gasteiger partial charge in [-0.15, -0.1) is 0 Å². The number of benzene rings is 2. The van der Waals surface area contributed by atoms with Crippen LogP contribution in [0, 0.1) is 6.92 Å². The van der Waals surface area contributed by atoms with Gasteiger partial charge in [0.05, 0.1) is 23.4 Å². The third-order valence-corrected chi connectivity index (χ3v) is 3.41. The molecular formula is C15H16ClNO. The highest BCUT2D eigenvalue weighted by molar-refractivity contribution is 6.34. The van der Waals surface area contributed by atoms with Gasteiger partial charge in [0.1, 0.15) is 0 Å². The number of anilines is 1. The van der Waals surface area contributed by atoms with E-state index in [9.17, 15) is 5.11 Å². The van der Waals surface area contributed by atoms with E-state index in [0.29, 0.717) is 5.02 Å². The molecule has 0 saturated heterocycles. The summed E-state index contributed by atoms with van der Waals surface area (Å²) in [5.41, 5.74) is 2.91. The van der Waals surface area contributed by atoms with Crippen LogP contribution in [0.1, 0.15) is 17.2 Å². The lowest BCUT2D eigenvalue weighted by Gasteiger charge is -2.19. The fourth-order valence-electron chi connectivity index (χ4n) is 1.87. The van der Waals surface area contributed by atoms with Gasteiger partial charge in [0.15, 0.2) is 0 Å². The Bertz CT molecular complexity index is 513. The molecular weight excluding hydrogens is 246 g/mol. The maximum atomic E-state index is 9.50. The molecule has 0 spiro atoms. The summed E-state index contributed by atoms with van der Waals surface area (Å²) in [7, 11) is 0. The average molecular weight is 262 g/mol. The van der Waals surface area contributed by atoms with Crippen LogP contribution >= 0.6 is 11.6 Å². The molecule has 0 aromatic heterocycles. The number of aliphatic hydroxyl groups excluding tert-OH is 1. The van der Waals surface area contributed by atoms with Crippen molar-refractivity contribution in [2.75, 3.05) is 11.9 Å². The van der Waals surface area contributed by atoms with Crippen molar-refractivity contribution in [3.8, 4) is 0 Å². The fourth-order valence-corrected chi connectivity index (χ4v) is 2.05. The number of halogens is 1. The molecule has 2 rings (SSSR count). The molecule has 18 heavy (non-hydrogen) atoms. The van der Waals surface area contributed by atoms with E-state index in [1.54, 1.807) is 0 Å². The van der Waals surface area contributed by atoms with Crippen LogP contribution in [0.5, 0.6) is 0 Å². The molecule has 2 nitrogen and oxygen atoms in total. The van der Waals surface area contributed by atoms with Crippen molar-refractivity contribution in [2.24, 2.45) is 0 Å². The molecule has 1 unspecified atom stereocenters. The third-order valence-electron chi connectivity index (χ3n) is 2.91. The van der Waals surface area contributed by atoms with Crippen LogP contribution in [0.25, 0.3) is 0 Å². The molecule has 0 bridgehead atoms. The predicted octanol–water partition coefficient (Wildman–Crippen LogP) is 3.79. The number of aliphatic hydroxyl groups is 1. The Morgan fingerprint density at radius 1 is 1.11 bits per heavy atom. The van der Waals surface area contributed by atoms with Gasteiger partial charge >= 0.3 is 0 Å². The van der Waals surface area contributed by atoms with Crippen LogP contribution < -0.4 is 5.32 Å². The van der Waals surface area contributed by atoms with E-state index in [0.717, 1.165) is 16.8 Å². The van der Waals surface area contributed by atoms with Crippen molar-refractivity contribution in [1.82, 2.24) is 0 Å². The van der Waals surface area contributed by atoms with Crippen molar-refractivity contribution < 1.29 is 5.11 Å². The number of hydrogen-bond acceptors (Lipinski definition) is 2. The zero-order valence-electron chi connectivity index (χ0n) is 10.2. The molecule has 0 aliphatic heterocycles. The Balaban J connectivity index is 2.24. The second kappa shape index (κ2) is 5.89. The van der Waals surface area contributed by atoms with E-state index in [-0.39, 0.29) is 12.6 Å². The summed E-state index contributed by atoms with van der Waals surface area (Å²) in [6, 6.07) is 15.5. The summed E-state index contributed by atoms with van der Waals surface area (Å²) < 4.78 is 0. The van der Waals surface area contributed by atoms with Gasteiger partial charge in [-0.3, -0.25) is 0 Å². The monoisotopic (exact) mass is 261 g/mol.